The molecule has 0 unspecified atom stereocenters. The molecule has 1 aliphatic rings. The van der Waals surface area contributed by atoms with Gasteiger partial charge in [0, 0.05) is 6.04 Å². The highest BCUT2D eigenvalue weighted by atomic mass is 32.2. The molecule has 1 fully saturated rings. The van der Waals surface area contributed by atoms with Crippen LogP contribution in [0.4, 0.5) is 10.1 Å². The summed E-state index contributed by atoms with van der Waals surface area (Å²) in [6.45, 7) is 0. The van der Waals surface area contributed by atoms with E-state index in [2.05, 4.69) is 15.5 Å². The number of hydrogen-bond acceptors (Lipinski definition) is 4. The smallest absolute Gasteiger partial charge is 0.323 e. The minimum Gasteiger partial charge on any atom is -0.323 e. The zero-order valence-corrected chi connectivity index (χ0v) is 11.8. The maximum Gasteiger partial charge on any atom is 0.344 e. The first kappa shape index (κ1) is 13.9. The lowest BCUT2D eigenvalue weighted by atomic mass is 10.3. The largest absolute Gasteiger partial charge is 0.344 e. The number of anilines is 1. The van der Waals surface area contributed by atoms with Crippen molar-refractivity contribution < 1.29 is 9.18 Å². The summed E-state index contributed by atoms with van der Waals surface area (Å²) in [5.41, 5.74) is -0.112. The van der Waals surface area contributed by atoms with E-state index in [4.69, 9.17) is 0 Å². The van der Waals surface area contributed by atoms with Crippen LogP contribution in [-0.4, -0.2) is 26.4 Å². The molecule has 0 bridgehead atoms. The average molecular weight is 308 g/mol. The van der Waals surface area contributed by atoms with Crippen molar-refractivity contribution in [3.8, 4) is 0 Å². The van der Waals surface area contributed by atoms with Crippen molar-refractivity contribution in [2.45, 2.75) is 24.0 Å². The van der Waals surface area contributed by atoms with E-state index in [1.54, 1.807) is 16.7 Å². The number of rotatable bonds is 5. The molecule has 6 nitrogen and oxygen atoms in total. The molecular formula is C13H13FN4O2S. The Morgan fingerprint density at radius 2 is 2.24 bits per heavy atom. The third-order valence-corrected chi connectivity index (χ3v) is 4.02. The van der Waals surface area contributed by atoms with Crippen molar-refractivity contribution in [3.05, 3.63) is 40.6 Å². The van der Waals surface area contributed by atoms with E-state index >= 15 is 0 Å². The number of aromatic nitrogens is 3. The van der Waals surface area contributed by atoms with Gasteiger partial charge in [-0.15, -0.1) is 5.10 Å². The molecule has 0 radical (unpaired) electrons. The summed E-state index contributed by atoms with van der Waals surface area (Å²) in [6.07, 6.45) is 1.91. The van der Waals surface area contributed by atoms with Gasteiger partial charge in [0.1, 0.15) is 5.82 Å². The lowest BCUT2D eigenvalue weighted by Gasteiger charge is -2.06. The molecule has 1 aromatic carbocycles. The lowest BCUT2D eigenvalue weighted by molar-refractivity contribution is -0.113. The van der Waals surface area contributed by atoms with Crippen molar-refractivity contribution in [3.63, 3.8) is 0 Å². The summed E-state index contributed by atoms with van der Waals surface area (Å²) in [5.74, 6) is -0.765. The normalized spacial score (nSPS) is 14.1. The molecular weight excluding hydrogens is 295 g/mol. The summed E-state index contributed by atoms with van der Waals surface area (Å²) in [4.78, 5) is 23.4. The molecule has 21 heavy (non-hydrogen) atoms. The Morgan fingerprint density at radius 1 is 1.48 bits per heavy atom. The van der Waals surface area contributed by atoms with Crippen LogP contribution >= 0.6 is 11.8 Å². The highest BCUT2D eigenvalue weighted by Gasteiger charge is 2.28. The Kier molecular flexibility index (Phi) is 3.78. The Hall–Kier alpha value is -2.09. The van der Waals surface area contributed by atoms with Gasteiger partial charge in [0.2, 0.25) is 5.91 Å². The van der Waals surface area contributed by atoms with Gasteiger partial charge in [-0.2, -0.15) is 0 Å². The van der Waals surface area contributed by atoms with E-state index in [9.17, 15) is 14.0 Å². The van der Waals surface area contributed by atoms with Gasteiger partial charge in [-0.1, -0.05) is 23.9 Å². The van der Waals surface area contributed by atoms with Crippen LogP contribution < -0.4 is 11.0 Å². The minimum absolute atomic E-state index is 0.0609. The fourth-order valence-corrected chi connectivity index (χ4v) is 2.74. The monoisotopic (exact) mass is 308 g/mol. The first-order valence-electron chi connectivity index (χ1n) is 6.49. The van der Waals surface area contributed by atoms with Gasteiger partial charge in [0.15, 0.2) is 5.16 Å². The summed E-state index contributed by atoms with van der Waals surface area (Å²) < 4.78 is 15.0. The van der Waals surface area contributed by atoms with Crippen molar-refractivity contribution in [2.75, 3.05) is 11.1 Å². The van der Waals surface area contributed by atoms with Crippen LogP contribution in [-0.2, 0) is 4.79 Å². The maximum atomic E-state index is 13.4. The van der Waals surface area contributed by atoms with E-state index in [1.807, 2.05) is 0 Å². The number of aromatic amines is 1. The standard InChI is InChI=1S/C13H13FN4O2S/c14-9-3-1-2-4-10(9)15-11(19)7-21-13-17-16-12(20)18(13)8-5-6-8/h1-4,8H,5-7H2,(H,15,19)(H,16,20). The molecule has 8 heteroatoms. The second-order valence-corrected chi connectivity index (χ2v) is 5.67. The summed E-state index contributed by atoms with van der Waals surface area (Å²) in [7, 11) is 0. The van der Waals surface area contributed by atoms with E-state index in [1.165, 1.54) is 12.1 Å². The van der Waals surface area contributed by atoms with E-state index in [0.717, 1.165) is 24.6 Å². The van der Waals surface area contributed by atoms with Crippen LogP contribution in [0, 0.1) is 5.82 Å². The van der Waals surface area contributed by atoms with Crippen LogP contribution in [0.2, 0.25) is 0 Å². The van der Waals surface area contributed by atoms with Crippen LogP contribution in [0.25, 0.3) is 0 Å². The first-order chi connectivity index (χ1) is 10.1. The van der Waals surface area contributed by atoms with Gasteiger partial charge >= 0.3 is 5.69 Å². The number of benzene rings is 1. The zero-order valence-electron chi connectivity index (χ0n) is 11.0. The third kappa shape index (κ3) is 3.15. The molecule has 1 aliphatic carbocycles. The van der Waals surface area contributed by atoms with Crippen molar-refractivity contribution in [2.24, 2.45) is 0 Å². The molecule has 2 N–H and O–H groups in total. The molecule has 0 atom stereocenters. The SMILES string of the molecule is O=C(CSc1n[nH]c(=O)n1C1CC1)Nc1ccccc1F. The summed E-state index contributed by atoms with van der Waals surface area (Å²) >= 11 is 1.16. The predicted molar refractivity (Wildman–Crippen MR) is 76.9 cm³/mol. The highest BCUT2D eigenvalue weighted by Crippen LogP contribution is 2.35. The number of nitrogens with zero attached hydrogens (tertiary/aromatic N) is 2. The van der Waals surface area contributed by atoms with Crippen LogP contribution in [0.5, 0.6) is 0 Å². The number of amides is 1. The van der Waals surface area contributed by atoms with Crippen LogP contribution in [0.15, 0.2) is 34.2 Å². The number of thioether (sulfide) groups is 1. The Balaban J connectivity index is 1.62. The predicted octanol–water partition coefficient (Wildman–Crippen LogP) is 1.78. The van der Waals surface area contributed by atoms with Gasteiger partial charge in [-0.05, 0) is 25.0 Å². The number of para-hydroxylation sites is 1. The summed E-state index contributed by atoms with van der Waals surface area (Å²) in [6, 6.07) is 6.16. The molecule has 2 aromatic rings. The van der Waals surface area contributed by atoms with Crippen molar-refractivity contribution in [1.29, 1.82) is 0 Å². The second-order valence-electron chi connectivity index (χ2n) is 4.73. The second kappa shape index (κ2) is 5.72. The third-order valence-electron chi connectivity index (χ3n) is 3.06. The molecule has 110 valence electrons. The van der Waals surface area contributed by atoms with Gasteiger partial charge < -0.3 is 5.32 Å². The van der Waals surface area contributed by atoms with E-state index in [-0.39, 0.29) is 29.1 Å². The molecule has 1 heterocycles. The number of carbonyl (C=O) groups is 1. The van der Waals surface area contributed by atoms with E-state index < -0.39 is 5.82 Å². The number of nitrogens with one attached hydrogen (secondary N) is 2. The molecule has 1 saturated carbocycles. The number of carbonyl (C=O) groups excluding carboxylic acids is 1. The molecule has 0 aliphatic heterocycles. The van der Waals surface area contributed by atoms with Crippen molar-refractivity contribution in [1.82, 2.24) is 14.8 Å². The topological polar surface area (TPSA) is 79.8 Å². The Morgan fingerprint density at radius 3 is 2.95 bits per heavy atom. The molecule has 1 amide bonds. The highest BCUT2D eigenvalue weighted by molar-refractivity contribution is 7.99. The van der Waals surface area contributed by atoms with Gasteiger partial charge in [0.25, 0.3) is 0 Å². The minimum atomic E-state index is -0.481. The van der Waals surface area contributed by atoms with Gasteiger partial charge in [-0.3, -0.25) is 9.36 Å². The summed E-state index contributed by atoms with van der Waals surface area (Å²) in [5, 5.41) is 9.28. The fraction of sp³-hybridized carbons (Fsp3) is 0.308. The number of hydrogen-bond donors (Lipinski definition) is 2. The van der Waals surface area contributed by atoms with Gasteiger partial charge in [-0.25, -0.2) is 14.3 Å². The molecule has 0 spiro atoms. The number of H-pyrrole nitrogens is 1. The molecule has 3 rings (SSSR count). The quantitative estimate of drug-likeness (QED) is 0.825. The first-order valence-corrected chi connectivity index (χ1v) is 7.48. The Labute approximate surface area is 123 Å². The van der Waals surface area contributed by atoms with Crippen LogP contribution in [0.3, 0.4) is 0 Å². The Bertz CT molecular complexity index is 723. The van der Waals surface area contributed by atoms with Gasteiger partial charge in [0.05, 0.1) is 11.4 Å². The lowest BCUT2D eigenvalue weighted by Crippen LogP contribution is -2.18. The number of halogens is 1. The average Bonchev–Trinajstić information content (AvgIpc) is 3.23. The maximum absolute atomic E-state index is 13.4. The fourth-order valence-electron chi connectivity index (χ4n) is 1.93. The zero-order chi connectivity index (χ0) is 14.8. The van der Waals surface area contributed by atoms with Crippen molar-refractivity contribution >= 4 is 23.4 Å². The molecule has 1 aromatic heterocycles. The van der Waals surface area contributed by atoms with Crippen LogP contribution in [0.1, 0.15) is 18.9 Å². The van der Waals surface area contributed by atoms with E-state index in [0.29, 0.717) is 5.16 Å². The molecule has 0 saturated heterocycles.